The molecule has 1 aliphatic heterocycles. The van der Waals surface area contributed by atoms with Gasteiger partial charge in [0.05, 0.1) is 6.20 Å². The first-order valence-corrected chi connectivity index (χ1v) is 8.60. The average Bonchev–Trinajstić information content (AvgIpc) is 3.21. The van der Waals surface area contributed by atoms with Crippen LogP contribution >= 0.6 is 0 Å². The molecule has 0 aliphatic carbocycles. The van der Waals surface area contributed by atoms with Crippen LogP contribution in [0.5, 0.6) is 0 Å². The maximum absolute atomic E-state index is 12.3. The van der Waals surface area contributed by atoms with Gasteiger partial charge in [-0.05, 0) is 32.3 Å². The topological polar surface area (TPSA) is 80.1 Å². The van der Waals surface area contributed by atoms with Crippen molar-refractivity contribution in [2.24, 2.45) is 0 Å². The van der Waals surface area contributed by atoms with Gasteiger partial charge in [0.2, 0.25) is 5.91 Å². The van der Waals surface area contributed by atoms with Crippen LogP contribution < -0.4 is 5.32 Å². The van der Waals surface area contributed by atoms with Gasteiger partial charge in [-0.2, -0.15) is 0 Å². The van der Waals surface area contributed by atoms with E-state index in [0.29, 0.717) is 19.5 Å². The van der Waals surface area contributed by atoms with Crippen molar-refractivity contribution in [1.29, 1.82) is 0 Å². The SMILES string of the molecule is CC(C)N1CCC(NC(=O)c2cn(CCc3ccccc3)nn2)C1=O. The molecule has 1 aromatic carbocycles. The number of benzene rings is 1. The molecular weight excluding hydrogens is 318 g/mol. The molecule has 0 radical (unpaired) electrons. The second-order valence-electron chi connectivity index (χ2n) is 6.54. The highest BCUT2D eigenvalue weighted by Gasteiger charge is 2.34. The van der Waals surface area contributed by atoms with Gasteiger partial charge in [-0.3, -0.25) is 14.3 Å². The molecule has 1 saturated heterocycles. The van der Waals surface area contributed by atoms with Gasteiger partial charge in [-0.25, -0.2) is 0 Å². The van der Waals surface area contributed by atoms with E-state index < -0.39 is 6.04 Å². The molecule has 1 atom stereocenters. The molecule has 132 valence electrons. The van der Waals surface area contributed by atoms with Crippen molar-refractivity contribution < 1.29 is 9.59 Å². The number of hydrogen-bond donors (Lipinski definition) is 1. The number of carbonyl (C=O) groups excluding carboxylic acids is 2. The van der Waals surface area contributed by atoms with Crippen molar-refractivity contribution in [3.05, 3.63) is 47.8 Å². The van der Waals surface area contributed by atoms with Crippen molar-refractivity contribution in [3.8, 4) is 0 Å². The van der Waals surface area contributed by atoms with E-state index in [9.17, 15) is 9.59 Å². The summed E-state index contributed by atoms with van der Waals surface area (Å²) in [7, 11) is 0. The predicted molar refractivity (Wildman–Crippen MR) is 92.9 cm³/mol. The van der Waals surface area contributed by atoms with Gasteiger partial charge in [-0.15, -0.1) is 5.10 Å². The smallest absolute Gasteiger partial charge is 0.274 e. The lowest BCUT2D eigenvalue weighted by molar-refractivity contribution is -0.130. The summed E-state index contributed by atoms with van der Waals surface area (Å²) in [5, 5.41) is 10.7. The Morgan fingerprint density at radius 3 is 2.76 bits per heavy atom. The van der Waals surface area contributed by atoms with Crippen molar-refractivity contribution in [1.82, 2.24) is 25.2 Å². The summed E-state index contributed by atoms with van der Waals surface area (Å²) >= 11 is 0. The second-order valence-corrected chi connectivity index (χ2v) is 6.54. The lowest BCUT2D eigenvalue weighted by Gasteiger charge is -2.20. The Kier molecular flexibility index (Phi) is 5.11. The minimum atomic E-state index is -0.468. The zero-order valence-corrected chi connectivity index (χ0v) is 14.6. The Morgan fingerprint density at radius 1 is 1.32 bits per heavy atom. The molecular formula is C18H23N5O2. The average molecular weight is 341 g/mol. The molecule has 1 unspecified atom stereocenters. The Labute approximate surface area is 147 Å². The van der Waals surface area contributed by atoms with E-state index in [0.717, 1.165) is 6.42 Å². The van der Waals surface area contributed by atoms with Crippen LogP contribution in [0, 0.1) is 0 Å². The zero-order chi connectivity index (χ0) is 17.8. The monoisotopic (exact) mass is 341 g/mol. The molecule has 0 bridgehead atoms. The summed E-state index contributed by atoms with van der Waals surface area (Å²) in [6, 6.07) is 9.75. The van der Waals surface area contributed by atoms with E-state index in [2.05, 4.69) is 27.8 Å². The van der Waals surface area contributed by atoms with Crippen LogP contribution in [0.15, 0.2) is 36.5 Å². The minimum absolute atomic E-state index is 0.0279. The maximum Gasteiger partial charge on any atom is 0.274 e. The van der Waals surface area contributed by atoms with Crippen LogP contribution in [-0.4, -0.2) is 50.3 Å². The number of aromatic nitrogens is 3. The molecule has 2 aromatic rings. The van der Waals surface area contributed by atoms with E-state index in [-0.39, 0.29) is 23.6 Å². The van der Waals surface area contributed by atoms with Gasteiger partial charge in [0.25, 0.3) is 5.91 Å². The highest BCUT2D eigenvalue weighted by molar-refractivity contribution is 5.96. The lowest BCUT2D eigenvalue weighted by Crippen LogP contribution is -2.43. The van der Waals surface area contributed by atoms with Crippen LogP contribution in [-0.2, 0) is 17.8 Å². The van der Waals surface area contributed by atoms with Crippen molar-refractivity contribution >= 4 is 11.8 Å². The largest absolute Gasteiger partial charge is 0.339 e. The first kappa shape index (κ1) is 17.1. The normalized spacial score (nSPS) is 17.3. The van der Waals surface area contributed by atoms with Crippen LogP contribution in [0.25, 0.3) is 0 Å². The van der Waals surface area contributed by atoms with Crippen LogP contribution in [0.2, 0.25) is 0 Å². The zero-order valence-electron chi connectivity index (χ0n) is 14.6. The molecule has 1 aliphatic rings. The van der Waals surface area contributed by atoms with E-state index in [4.69, 9.17) is 0 Å². The Balaban J connectivity index is 1.55. The number of aryl methyl sites for hydroxylation is 2. The highest BCUT2D eigenvalue weighted by atomic mass is 16.2. The number of hydrogen-bond acceptors (Lipinski definition) is 4. The van der Waals surface area contributed by atoms with Crippen molar-refractivity contribution in [3.63, 3.8) is 0 Å². The summed E-state index contributed by atoms with van der Waals surface area (Å²) in [5.74, 6) is -0.380. The van der Waals surface area contributed by atoms with E-state index >= 15 is 0 Å². The van der Waals surface area contributed by atoms with Crippen LogP contribution in [0.1, 0.15) is 36.3 Å². The van der Waals surface area contributed by atoms with Crippen molar-refractivity contribution in [2.75, 3.05) is 6.54 Å². The minimum Gasteiger partial charge on any atom is -0.339 e. The number of nitrogens with zero attached hydrogens (tertiary/aromatic N) is 4. The van der Waals surface area contributed by atoms with E-state index in [1.54, 1.807) is 15.8 Å². The van der Waals surface area contributed by atoms with Crippen LogP contribution in [0.4, 0.5) is 0 Å². The standard InChI is InChI=1S/C18H23N5O2/c1-13(2)23-11-9-15(18(23)25)19-17(24)16-12-22(21-20-16)10-8-14-6-4-3-5-7-14/h3-7,12-13,15H,8-11H2,1-2H3,(H,19,24). The van der Waals surface area contributed by atoms with Gasteiger partial charge in [0.15, 0.2) is 5.69 Å². The first-order chi connectivity index (χ1) is 12.0. The number of rotatable bonds is 6. The second kappa shape index (κ2) is 7.46. The molecule has 1 aromatic heterocycles. The molecule has 1 fully saturated rings. The summed E-state index contributed by atoms with van der Waals surface area (Å²) in [6.07, 6.45) is 3.07. The third kappa shape index (κ3) is 4.04. The number of carbonyl (C=O) groups is 2. The number of nitrogens with one attached hydrogen (secondary N) is 1. The van der Waals surface area contributed by atoms with Gasteiger partial charge in [-0.1, -0.05) is 35.5 Å². The van der Waals surface area contributed by atoms with Gasteiger partial charge >= 0.3 is 0 Å². The lowest BCUT2D eigenvalue weighted by atomic mass is 10.1. The molecule has 25 heavy (non-hydrogen) atoms. The van der Waals surface area contributed by atoms with E-state index in [1.807, 2.05) is 32.0 Å². The fourth-order valence-corrected chi connectivity index (χ4v) is 2.98. The van der Waals surface area contributed by atoms with Gasteiger partial charge < -0.3 is 10.2 Å². The molecule has 0 spiro atoms. The summed E-state index contributed by atoms with van der Waals surface area (Å²) < 4.78 is 1.65. The highest BCUT2D eigenvalue weighted by Crippen LogP contribution is 2.14. The Bertz CT molecular complexity index is 741. The molecule has 7 heteroatoms. The van der Waals surface area contributed by atoms with Crippen LogP contribution in [0.3, 0.4) is 0 Å². The summed E-state index contributed by atoms with van der Waals surface area (Å²) in [4.78, 5) is 26.3. The molecule has 2 heterocycles. The summed E-state index contributed by atoms with van der Waals surface area (Å²) in [5.41, 5.74) is 1.44. The molecule has 2 amide bonds. The van der Waals surface area contributed by atoms with Gasteiger partial charge in [0, 0.05) is 19.1 Å². The molecule has 3 rings (SSSR count). The molecule has 7 nitrogen and oxygen atoms in total. The quantitative estimate of drug-likeness (QED) is 0.858. The van der Waals surface area contributed by atoms with Crippen molar-refractivity contribution in [2.45, 2.75) is 45.3 Å². The third-order valence-corrected chi connectivity index (χ3v) is 4.41. The fraction of sp³-hybridized carbons (Fsp3) is 0.444. The number of likely N-dealkylation sites (tertiary alicyclic amines) is 1. The first-order valence-electron chi connectivity index (χ1n) is 8.60. The predicted octanol–water partition coefficient (Wildman–Crippen LogP) is 1.26. The van der Waals surface area contributed by atoms with E-state index in [1.165, 1.54) is 5.56 Å². The fourth-order valence-electron chi connectivity index (χ4n) is 2.98. The maximum atomic E-state index is 12.3. The Morgan fingerprint density at radius 2 is 2.08 bits per heavy atom. The molecule has 1 N–H and O–H groups in total. The Hall–Kier alpha value is -2.70. The molecule has 0 saturated carbocycles. The summed E-state index contributed by atoms with van der Waals surface area (Å²) in [6.45, 7) is 5.26. The van der Waals surface area contributed by atoms with Gasteiger partial charge in [0.1, 0.15) is 6.04 Å². The third-order valence-electron chi connectivity index (χ3n) is 4.41. The number of amides is 2.